The Bertz CT molecular complexity index is 2120. The molecule has 8 nitrogen and oxygen atoms in total. The third-order valence-corrected chi connectivity index (χ3v) is 6.98. The van der Waals surface area contributed by atoms with Gasteiger partial charge in [-0.2, -0.15) is 9.97 Å². The molecule has 0 aliphatic rings. The number of fused-ring (bicyclic) bond motifs is 4. The molecule has 0 saturated carbocycles. The van der Waals surface area contributed by atoms with Gasteiger partial charge in [-0.05, 0) is 30.3 Å². The summed E-state index contributed by atoms with van der Waals surface area (Å²) >= 11 is 3.53. The van der Waals surface area contributed by atoms with Crippen molar-refractivity contribution in [2.75, 3.05) is 0 Å². The van der Waals surface area contributed by atoms with Gasteiger partial charge in [0.15, 0.2) is 17.3 Å². The second-order valence-electron chi connectivity index (χ2n) is 8.89. The molecular formula is C30H17BrN6O2. The van der Waals surface area contributed by atoms with Crippen molar-refractivity contribution in [2.45, 2.75) is 0 Å². The lowest BCUT2D eigenvalue weighted by Crippen LogP contribution is -2.35. The molecule has 0 atom stereocenters. The predicted molar refractivity (Wildman–Crippen MR) is 154 cm³/mol. The molecule has 0 bridgehead atoms. The van der Waals surface area contributed by atoms with E-state index in [1.54, 1.807) is 24.3 Å². The summed E-state index contributed by atoms with van der Waals surface area (Å²) in [6, 6.07) is 31.4. The lowest BCUT2D eigenvalue weighted by Gasteiger charge is -2.14. The van der Waals surface area contributed by atoms with Crippen LogP contribution in [0.25, 0.3) is 56.2 Å². The van der Waals surface area contributed by atoms with Crippen LogP contribution in [0.3, 0.4) is 0 Å². The highest BCUT2D eigenvalue weighted by Crippen LogP contribution is 2.26. The van der Waals surface area contributed by atoms with Crippen LogP contribution in [0.4, 0.5) is 0 Å². The fraction of sp³-hybridized carbons (Fsp3) is 0. The molecule has 186 valence electrons. The maximum Gasteiger partial charge on any atom is 0.344 e. The average Bonchev–Trinajstić information content (AvgIpc) is 2.98. The Hall–Kier alpha value is -5.02. The largest absolute Gasteiger partial charge is 0.344 e. The summed E-state index contributed by atoms with van der Waals surface area (Å²) in [7, 11) is 0. The van der Waals surface area contributed by atoms with E-state index in [-0.39, 0.29) is 11.6 Å². The summed E-state index contributed by atoms with van der Waals surface area (Å²) < 4.78 is 3.22. The first-order valence-electron chi connectivity index (χ1n) is 12.1. The minimum absolute atomic E-state index is 0.0991. The molecular weight excluding hydrogens is 556 g/mol. The minimum atomic E-state index is -0.618. The van der Waals surface area contributed by atoms with Gasteiger partial charge in [-0.3, -0.25) is 4.79 Å². The molecule has 0 aliphatic heterocycles. The molecule has 39 heavy (non-hydrogen) atoms. The monoisotopic (exact) mass is 572 g/mol. The highest BCUT2D eigenvalue weighted by atomic mass is 79.9. The smallest absolute Gasteiger partial charge is 0.268 e. The van der Waals surface area contributed by atoms with Crippen LogP contribution in [0, 0.1) is 0 Å². The van der Waals surface area contributed by atoms with E-state index in [0.717, 1.165) is 20.0 Å². The molecule has 7 rings (SSSR count). The summed E-state index contributed by atoms with van der Waals surface area (Å²) in [5, 5.41) is 0.938. The highest BCUT2D eigenvalue weighted by molar-refractivity contribution is 9.10. The third kappa shape index (κ3) is 3.82. The predicted octanol–water partition coefficient (Wildman–Crippen LogP) is 5.43. The van der Waals surface area contributed by atoms with Gasteiger partial charge in [0, 0.05) is 21.0 Å². The Labute approximate surface area is 229 Å². The van der Waals surface area contributed by atoms with E-state index in [1.165, 1.54) is 4.57 Å². The number of rotatable bonds is 3. The van der Waals surface area contributed by atoms with Gasteiger partial charge in [0.05, 0.1) is 16.4 Å². The fourth-order valence-electron chi connectivity index (χ4n) is 4.67. The molecule has 0 radical (unpaired) electrons. The van der Waals surface area contributed by atoms with Gasteiger partial charge in [0.25, 0.3) is 5.56 Å². The van der Waals surface area contributed by atoms with Crippen molar-refractivity contribution in [3.8, 4) is 28.7 Å². The van der Waals surface area contributed by atoms with Crippen LogP contribution in [0.2, 0.25) is 0 Å². The zero-order valence-electron chi connectivity index (χ0n) is 20.2. The average molecular weight is 573 g/mol. The summed E-state index contributed by atoms with van der Waals surface area (Å²) in [6.07, 6.45) is 0. The minimum Gasteiger partial charge on any atom is -0.268 e. The van der Waals surface area contributed by atoms with E-state index in [0.29, 0.717) is 33.5 Å². The molecule has 0 spiro atoms. The number of benzene rings is 4. The first kappa shape index (κ1) is 23.1. The summed E-state index contributed by atoms with van der Waals surface area (Å²) in [5.41, 5.74) is 1.74. The Morgan fingerprint density at radius 1 is 0.615 bits per heavy atom. The lowest BCUT2D eigenvalue weighted by atomic mass is 10.2. The van der Waals surface area contributed by atoms with Crippen LogP contribution in [0.15, 0.2) is 117 Å². The molecule has 0 amide bonds. The van der Waals surface area contributed by atoms with Crippen molar-refractivity contribution in [3.05, 3.63) is 128 Å². The number of hydrogen-bond acceptors (Lipinski definition) is 6. The fourth-order valence-corrected chi connectivity index (χ4v) is 5.03. The second-order valence-corrected chi connectivity index (χ2v) is 9.80. The number of halogens is 1. The molecule has 0 unspecified atom stereocenters. The Balaban J connectivity index is 1.64. The molecule has 0 N–H and O–H groups in total. The summed E-state index contributed by atoms with van der Waals surface area (Å²) in [4.78, 5) is 46.7. The van der Waals surface area contributed by atoms with Crippen molar-refractivity contribution >= 4 is 43.4 Å². The quantitative estimate of drug-likeness (QED) is 0.207. The van der Waals surface area contributed by atoms with Crippen LogP contribution in [-0.2, 0) is 0 Å². The summed E-state index contributed by atoms with van der Waals surface area (Å²) in [5.74, 6) is 0.906. The Morgan fingerprint density at radius 3 is 1.90 bits per heavy atom. The molecule has 3 aromatic heterocycles. The van der Waals surface area contributed by atoms with Gasteiger partial charge >= 0.3 is 5.69 Å². The first-order chi connectivity index (χ1) is 19.1. The SMILES string of the molecule is O=c1c2ccccc2nc2c3cc(Br)ccc3n(-c3nc(-c4ccccc4)nc(-c4ccccc4)n3)c(=O)n12. The van der Waals surface area contributed by atoms with Gasteiger partial charge in [0.1, 0.15) is 0 Å². The highest BCUT2D eigenvalue weighted by Gasteiger charge is 2.20. The van der Waals surface area contributed by atoms with Crippen LogP contribution in [0.1, 0.15) is 0 Å². The number of para-hydroxylation sites is 1. The molecule has 4 aromatic carbocycles. The normalized spacial score (nSPS) is 11.4. The topological polar surface area (TPSA) is 95.0 Å². The zero-order chi connectivity index (χ0) is 26.5. The van der Waals surface area contributed by atoms with Crippen LogP contribution < -0.4 is 11.2 Å². The van der Waals surface area contributed by atoms with Crippen molar-refractivity contribution in [2.24, 2.45) is 0 Å². The van der Waals surface area contributed by atoms with Gasteiger partial charge in [-0.25, -0.2) is 23.7 Å². The van der Waals surface area contributed by atoms with Crippen molar-refractivity contribution in [1.82, 2.24) is 28.9 Å². The van der Waals surface area contributed by atoms with E-state index < -0.39 is 11.2 Å². The standard InChI is InChI=1S/C30H17BrN6O2/c31-20-15-16-24-22(17-20)27-32-23-14-8-7-13-21(23)28(38)37(27)30(39)36(24)29-34-25(18-9-3-1-4-10-18)33-26(35-29)19-11-5-2-6-12-19/h1-17H. The van der Waals surface area contributed by atoms with Crippen molar-refractivity contribution < 1.29 is 0 Å². The van der Waals surface area contributed by atoms with Crippen molar-refractivity contribution in [3.63, 3.8) is 0 Å². The van der Waals surface area contributed by atoms with Gasteiger partial charge < -0.3 is 0 Å². The van der Waals surface area contributed by atoms with E-state index in [2.05, 4.69) is 15.9 Å². The maximum absolute atomic E-state index is 14.2. The third-order valence-electron chi connectivity index (χ3n) is 6.49. The number of nitrogens with zero attached hydrogens (tertiary/aromatic N) is 6. The second kappa shape index (κ2) is 9.07. The van der Waals surface area contributed by atoms with Gasteiger partial charge in [0.2, 0.25) is 5.95 Å². The zero-order valence-corrected chi connectivity index (χ0v) is 21.8. The molecule has 7 aromatic rings. The number of hydrogen-bond donors (Lipinski definition) is 0. The van der Waals surface area contributed by atoms with Crippen molar-refractivity contribution in [1.29, 1.82) is 0 Å². The number of aromatic nitrogens is 6. The maximum atomic E-state index is 14.2. The molecule has 9 heteroatoms. The van der Waals surface area contributed by atoms with Crippen LogP contribution >= 0.6 is 15.9 Å². The molecule has 3 heterocycles. The Kier molecular flexibility index (Phi) is 5.38. The van der Waals surface area contributed by atoms with Gasteiger partial charge in [-0.1, -0.05) is 88.7 Å². The van der Waals surface area contributed by atoms with Gasteiger partial charge in [-0.15, -0.1) is 0 Å². The van der Waals surface area contributed by atoms with Crippen LogP contribution in [0.5, 0.6) is 0 Å². The summed E-state index contributed by atoms with van der Waals surface area (Å²) in [6.45, 7) is 0. The van der Waals surface area contributed by atoms with E-state index in [9.17, 15) is 9.59 Å². The van der Waals surface area contributed by atoms with E-state index in [1.807, 2.05) is 78.9 Å². The van der Waals surface area contributed by atoms with E-state index in [4.69, 9.17) is 19.9 Å². The molecule has 0 fully saturated rings. The van der Waals surface area contributed by atoms with E-state index >= 15 is 0 Å². The molecule has 0 saturated heterocycles. The van der Waals surface area contributed by atoms with Crippen LogP contribution in [-0.4, -0.2) is 28.9 Å². The lowest BCUT2D eigenvalue weighted by molar-refractivity contribution is 0.828. The molecule has 0 aliphatic carbocycles. The Morgan fingerprint density at radius 2 is 1.23 bits per heavy atom. The first-order valence-corrected chi connectivity index (χ1v) is 12.9.